The van der Waals surface area contributed by atoms with E-state index < -0.39 is 5.82 Å². The summed E-state index contributed by atoms with van der Waals surface area (Å²) in [5.41, 5.74) is 5.77. The summed E-state index contributed by atoms with van der Waals surface area (Å²) in [7, 11) is 2.13. The molecule has 9 nitrogen and oxygen atoms in total. The number of H-pyrrole nitrogens is 2. The first-order chi connectivity index (χ1) is 18.9. The summed E-state index contributed by atoms with van der Waals surface area (Å²) in [5, 5.41) is 11.2. The van der Waals surface area contributed by atoms with Gasteiger partial charge in [-0.3, -0.25) is 10.1 Å². The summed E-state index contributed by atoms with van der Waals surface area (Å²) in [6.45, 7) is 12.1. The SMILES string of the molecule is C=C(CC(C)C)Nc1cncc(-c2cc(F)c3n[nH]c(-c4nc5c(N6CCN(C)CC6)nccc5[nH]4)c3c2)c1. The molecule has 6 rings (SSSR count). The number of halogens is 1. The molecule has 0 radical (unpaired) electrons. The predicted molar refractivity (Wildman–Crippen MR) is 154 cm³/mol. The monoisotopic (exact) mass is 525 g/mol. The molecule has 1 aromatic carbocycles. The topological polar surface area (TPSA) is 102 Å². The van der Waals surface area contributed by atoms with Crippen molar-refractivity contribution >= 4 is 33.4 Å². The third-order valence-corrected chi connectivity index (χ3v) is 7.08. The number of pyridine rings is 2. The minimum Gasteiger partial charge on any atom is -0.358 e. The number of hydrogen-bond acceptors (Lipinski definition) is 7. The lowest BCUT2D eigenvalue weighted by Crippen LogP contribution is -2.44. The molecule has 5 aromatic rings. The maximum Gasteiger partial charge on any atom is 0.157 e. The number of nitrogens with zero attached hydrogens (tertiary/aromatic N) is 6. The molecule has 4 aromatic heterocycles. The molecule has 39 heavy (non-hydrogen) atoms. The Morgan fingerprint density at radius 3 is 2.72 bits per heavy atom. The van der Waals surface area contributed by atoms with Crippen molar-refractivity contribution in [3.8, 4) is 22.6 Å². The van der Waals surface area contributed by atoms with E-state index in [-0.39, 0.29) is 5.52 Å². The Morgan fingerprint density at radius 1 is 1.10 bits per heavy atom. The Morgan fingerprint density at radius 2 is 1.92 bits per heavy atom. The average Bonchev–Trinajstić information content (AvgIpc) is 3.53. The van der Waals surface area contributed by atoms with Gasteiger partial charge in [0.1, 0.15) is 16.7 Å². The van der Waals surface area contributed by atoms with Gasteiger partial charge in [-0.05, 0) is 49.2 Å². The van der Waals surface area contributed by atoms with Crippen LogP contribution in [0, 0.1) is 11.7 Å². The van der Waals surface area contributed by atoms with Crippen molar-refractivity contribution in [3.05, 3.63) is 60.9 Å². The number of piperazine rings is 1. The van der Waals surface area contributed by atoms with Crippen LogP contribution in [0.4, 0.5) is 15.9 Å². The number of imidazole rings is 1. The maximum absolute atomic E-state index is 15.3. The quantitative estimate of drug-likeness (QED) is 0.261. The van der Waals surface area contributed by atoms with Crippen LogP contribution in [0.15, 0.2) is 55.1 Å². The molecule has 1 fully saturated rings. The molecule has 1 aliphatic heterocycles. The minimum atomic E-state index is -0.413. The number of anilines is 2. The largest absolute Gasteiger partial charge is 0.358 e. The summed E-state index contributed by atoms with van der Waals surface area (Å²) in [4.78, 5) is 21.9. The number of rotatable bonds is 7. The van der Waals surface area contributed by atoms with E-state index in [9.17, 15) is 0 Å². The predicted octanol–water partition coefficient (Wildman–Crippen LogP) is 5.43. The van der Waals surface area contributed by atoms with Crippen molar-refractivity contribution in [3.63, 3.8) is 0 Å². The van der Waals surface area contributed by atoms with Crippen molar-refractivity contribution in [1.29, 1.82) is 0 Å². The number of fused-ring (bicyclic) bond motifs is 2. The van der Waals surface area contributed by atoms with E-state index in [1.165, 1.54) is 6.07 Å². The molecule has 0 atom stereocenters. The second kappa shape index (κ2) is 10.1. The fraction of sp³-hybridized carbons (Fsp3) is 0.310. The fourth-order valence-corrected chi connectivity index (χ4v) is 5.13. The molecule has 0 unspecified atom stereocenters. The normalized spacial score (nSPS) is 14.5. The third-order valence-electron chi connectivity index (χ3n) is 7.08. The number of aromatic nitrogens is 6. The highest BCUT2D eigenvalue weighted by Gasteiger charge is 2.21. The molecule has 1 aliphatic rings. The molecule has 0 saturated carbocycles. The van der Waals surface area contributed by atoms with Crippen LogP contribution in [-0.2, 0) is 0 Å². The van der Waals surface area contributed by atoms with Crippen molar-refractivity contribution in [2.75, 3.05) is 43.4 Å². The molecule has 1 saturated heterocycles. The summed E-state index contributed by atoms with van der Waals surface area (Å²) < 4.78 is 15.3. The van der Waals surface area contributed by atoms with Gasteiger partial charge in [-0.25, -0.2) is 14.4 Å². The van der Waals surface area contributed by atoms with E-state index in [1.807, 2.05) is 18.2 Å². The Balaban J connectivity index is 1.37. The van der Waals surface area contributed by atoms with Gasteiger partial charge >= 0.3 is 0 Å². The summed E-state index contributed by atoms with van der Waals surface area (Å²) in [5.74, 6) is 1.52. The molecule has 3 N–H and O–H groups in total. The van der Waals surface area contributed by atoms with E-state index in [0.29, 0.717) is 28.4 Å². The second-order valence-electron chi connectivity index (χ2n) is 10.6. The Hall–Kier alpha value is -4.31. The molecular weight excluding hydrogens is 493 g/mol. The smallest absolute Gasteiger partial charge is 0.157 e. The summed E-state index contributed by atoms with van der Waals surface area (Å²) >= 11 is 0. The zero-order chi connectivity index (χ0) is 27.1. The lowest BCUT2D eigenvalue weighted by Gasteiger charge is -2.33. The van der Waals surface area contributed by atoms with E-state index >= 15 is 4.39 Å². The van der Waals surface area contributed by atoms with Gasteiger partial charge in [0.2, 0.25) is 0 Å². The van der Waals surface area contributed by atoms with Crippen molar-refractivity contribution in [2.24, 2.45) is 5.92 Å². The number of allylic oxidation sites excluding steroid dienone is 1. The minimum absolute atomic E-state index is 0.263. The molecule has 0 spiro atoms. The average molecular weight is 526 g/mol. The van der Waals surface area contributed by atoms with Crippen LogP contribution >= 0.6 is 0 Å². The number of aromatic amines is 2. The molecule has 5 heterocycles. The first kappa shape index (κ1) is 25.0. The summed E-state index contributed by atoms with van der Waals surface area (Å²) in [6.07, 6.45) is 6.12. The number of nitrogens with one attached hydrogen (secondary N) is 3. The number of likely N-dealkylation sites (N-methyl/N-ethyl adjacent to an activating group) is 1. The van der Waals surface area contributed by atoms with Crippen LogP contribution in [0.2, 0.25) is 0 Å². The van der Waals surface area contributed by atoms with Gasteiger partial charge in [-0.1, -0.05) is 20.4 Å². The highest BCUT2D eigenvalue weighted by molar-refractivity contribution is 5.97. The molecule has 10 heteroatoms. The standard InChI is InChI=1S/C29H32FN9/c1-17(2)11-18(3)33-21-12-20(15-31-16-21)19-13-22-25(23(30)14-19)36-37-26(22)28-34-24-5-6-32-29(27(24)35-28)39-9-7-38(4)8-10-39/h5-6,12-17,33H,3,7-11H2,1-2,4H3,(H,34,35)(H,36,37). The van der Waals surface area contributed by atoms with E-state index in [2.05, 4.69) is 67.7 Å². The van der Waals surface area contributed by atoms with Crippen LogP contribution in [-0.4, -0.2) is 68.3 Å². The van der Waals surface area contributed by atoms with Crippen LogP contribution in [0.3, 0.4) is 0 Å². The lowest BCUT2D eigenvalue weighted by molar-refractivity contribution is 0.312. The maximum atomic E-state index is 15.3. The zero-order valence-electron chi connectivity index (χ0n) is 22.4. The lowest BCUT2D eigenvalue weighted by atomic mass is 10.0. The van der Waals surface area contributed by atoms with Gasteiger partial charge in [-0.2, -0.15) is 5.10 Å². The van der Waals surface area contributed by atoms with E-state index in [0.717, 1.165) is 66.4 Å². The number of hydrogen-bond donors (Lipinski definition) is 3. The Labute approximate surface area is 226 Å². The Bertz CT molecular complexity index is 1660. The van der Waals surface area contributed by atoms with E-state index in [1.54, 1.807) is 18.6 Å². The van der Waals surface area contributed by atoms with Crippen LogP contribution in [0.1, 0.15) is 20.3 Å². The highest BCUT2D eigenvalue weighted by Crippen LogP contribution is 2.34. The summed E-state index contributed by atoms with van der Waals surface area (Å²) in [6, 6.07) is 7.28. The number of benzene rings is 1. The van der Waals surface area contributed by atoms with Gasteiger partial charge in [0.05, 0.1) is 17.4 Å². The van der Waals surface area contributed by atoms with Gasteiger partial charge in [0.15, 0.2) is 17.5 Å². The molecule has 0 bridgehead atoms. The van der Waals surface area contributed by atoms with Crippen LogP contribution < -0.4 is 10.2 Å². The van der Waals surface area contributed by atoms with Crippen LogP contribution in [0.25, 0.3) is 44.6 Å². The first-order valence-corrected chi connectivity index (χ1v) is 13.2. The molecular formula is C29H32FN9. The van der Waals surface area contributed by atoms with Gasteiger partial charge in [0, 0.05) is 55.2 Å². The fourth-order valence-electron chi connectivity index (χ4n) is 5.13. The van der Waals surface area contributed by atoms with Gasteiger partial charge < -0.3 is 20.1 Å². The Kier molecular flexibility index (Phi) is 6.48. The molecule has 0 aliphatic carbocycles. The van der Waals surface area contributed by atoms with Gasteiger partial charge in [-0.15, -0.1) is 0 Å². The van der Waals surface area contributed by atoms with Crippen molar-refractivity contribution in [2.45, 2.75) is 20.3 Å². The van der Waals surface area contributed by atoms with Crippen LogP contribution in [0.5, 0.6) is 0 Å². The first-order valence-electron chi connectivity index (χ1n) is 13.2. The van der Waals surface area contributed by atoms with Gasteiger partial charge in [0.25, 0.3) is 0 Å². The van der Waals surface area contributed by atoms with Crippen molar-refractivity contribution in [1.82, 2.24) is 35.0 Å². The van der Waals surface area contributed by atoms with E-state index in [4.69, 9.17) is 4.98 Å². The second-order valence-corrected chi connectivity index (χ2v) is 10.6. The zero-order valence-corrected chi connectivity index (χ0v) is 22.4. The van der Waals surface area contributed by atoms with Crippen molar-refractivity contribution < 1.29 is 4.39 Å². The third kappa shape index (κ3) is 4.95. The highest BCUT2D eigenvalue weighted by atomic mass is 19.1. The molecule has 200 valence electrons. The molecule has 0 amide bonds.